The highest BCUT2D eigenvalue weighted by atomic mass is 31.2. The Morgan fingerprint density at radius 3 is 1.77 bits per heavy atom. The monoisotopic (exact) mass is 370 g/mol. The maximum Gasteiger partial charge on any atom is 0.397 e. The number of benzene rings is 1. The summed E-state index contributed by atoms with van der Waals surface area (Å²) < 4.78 is 18.5. The second-order valence-electron chi connectivity index (χ2n) is 8.30. The van der Waals surface area contributed by atoms with Crippen LogP contribution in [-0.2, 0) is 9.05 Å². The molecule has 0 spiro atoms. The molecule has 0 aromatic heterocycles. The minimum atomic E-state index is -1.34. The minimum Gasteiger partial charge on any atom is -0.427 e. The van der Waals surface area contributed by atoms with Gasteiger partial charge >= 0.3 is 8.60 Å². The second-order valence-corrected chi connectivity index (χ2v) is 9.45. The molecule has 6 unspecified atom stereocenters. The highest BCUT2D eigenvalue weighted by molar-refractivity contribution is 7.42. The van der Waals surface area contributed by atoms with Crippen molar-refractivity contribution in [2.45, 2.75) is 25.7 Å². The van der Waals surface area contributed by atoms with Crippen LogP contribution in [0.3, 0.4) is 0 Å². The Morgan fingerprint density at radius 1 is 0.731 bits per heavy atom. The Balaban J connectivity index is 1.18. The van der Waals surface area contributed by atoms with Crippen LogP contribution in [0.4, 0.5) is 0 Å². The molecule has 3 nitrogen and oxygen atoms in total. The molecule has 26 heavy (non-hydrogen) atoms. The fraction of sp³-hybridized carbons (Fsp3) is 0.545. The van der Waals surface area contributed by atoms with E-state index in [1.165, 1.54) is 25.7 Å². The molecule has 4 aliphatic carbocycles. The van der Waals surface area contributed by atoms with E-state index in [0.29, 0.717) is 23.7 Å². The second kappa shape index (κ2) is 7.46. The maximum absolute atomic E-state index is 6.19. The molecule has 4 aliphatic rings. The lowest BCUT2D eigenvalue weighted by atomic mass is 9.95. The standard InChI is InChI=1S/C22H27O3P/c1-2-4-22(5-3-1)25-26(23-14-20-12-16-6-8-18(20)10-16)24-15-21-13-17-7-9-19(21)11-17/h1-9,16-21H,10-15H2. The van der Waals surface area contributed by atoms with Crippen molar-refractivity contribution in [2.75, 3.05) is 13.2 Å². The first-order valence-corrected chi connectivity index (χ1v) is 11.1. The van der Waals surface area contributed by atoms with Gasteiger partial charge in [-0.1, -0.05) is 42.5 Å². The Labute approximate surface area is 157 Å². The lowest BCUT2D eigenvalue weighted by Gasteiger charge is -2.24. The zero-order valence-corrected chi connectivity index (χ0v) is 16.0. The highest BCUT2D eigenvalue weighted by Crippen LogP contribution is 2.49. The third kappa shape index (κ3) is 3.63. The normalized spacial score (nSPS) is 37.5. The van der Waals surface area contributed by atoms with Gasteiger partial charge in [-0.15, -0.1) is 0 Å². The van der Waals surface area contributed by atoms with Crippen molar-refractivity contribution >= 4 is 8.60 Å². The fourth-order valence-electron chi connectivity index (χ4n) is 5.14. The van der Waals surface area contributed by atoms with Crippen LogP contribution in [0.1, 0.15) is 25.7 Å². The van der Waals surface area contributed by atoms with Crippen LogP contribution < -0.4 is 4.52 Å². The first kappa shape index (κ1) is 17.0. The van der Waals surface area contributed by atoms with Gasteiger partial charge in [-0.25, -0.2) is 0 Å². The van der Waals surface area contributed by atoms with Crippen LogP contribution in [0.15, 0.2) is 54.6 Å². The molecule has 1 aromatic rings. The van der Waals surface area contributed by atoms with E-state index in [-0.39, 0.29) is 0 Å². The van der Waals surface area contributed by atoms with E-state index < -0.39 is 8.60 Å². The average Bonchev–Trinajstić information content (AvgIpc) is 3.46. The minimum absolute atomic E-state index is 0.628. The molecule has 1 aromatic carbocycles. The van der Waals surface area contributed by atoms with E-state index in [4.69, 9.17) is 13.6 Å². The number of rotatable bonds is 8. The molecule has 5 rings (SSSR count). The van der Waals surface area contributed by atoms with Crippen molar-refractivity contribution in [3.63, 3.8) is 0 Å². The summed E-state index contributed by atoms with van der Waals surface area (Å²) >= 11 is 0. The Morgan fingerprint density at radius 2 is 1.31 bits per heavy atom. The molecule has 6 atom stereocenters. The van der Waals surface area contributed by atoms with E-state index in [9.17, 15) is 0 Å². The number of para-hydroxylation sites is 1. The molecule has 0 aliphatic heterocycles. The quantitative estimate of drug-likeness (QED) is 0.431. The van der Waals surface area contributed by atoms with Gasteiger partial charge in [0.1, 0.15) is 5.75 Å². The van der Waals surface area contributed by atoms with Gasteiger partial charge in [0.15, 0.2) is 0 Å². The van der Waals surface area contributed by atoms with Crippen LogP contribution in [0.25, 0.3) is 0 Å². The zero-order valence-electron chi connectivity index (χ0n) is 15.1. The van der Waals surface area contributed by atoms with Gasteiger partial charge < -0.3 is 13.6 Å². The summed E-state index contributed by atoms with van der Waals surface area (Å²) in [7, 11) is -1.34. The summed E-state index contributed by atoms with van der Waals surface area (Å²) in [6.45, 7) is 1.50. The largest absolute Gasteiger partial charge is 0.427 e. The van der Waals surface area contributed by atoms with E-state index in [0.717, 1.165) is 30.8 Å². The van der Waals surface area contributed by atoms with E-state index in [1.807, 2.05) is 30.3 Å². The van der Waals surface area contributed by atoms with Crippen LogP contribution in [0.2, 0.25) is 0 Å². The molecule has 4 heteroatoms. The van der Waals surface area contributed by atoms with Gasteiger partial charge in [0.25, 0.3) is 0 Å². The van der Waals surface area contributed by atoms with Gasteiger partial charge in [0.2, 0.25) is 0 Å². The van der Waals surface area contributed by atoms with Crippen molar-refractivity contribution < 1.29 is 13.6 Å². The topological polar surface area (TPSA) is 27.7 Å². The molecule has 0 heterocycles. The summed E-state index contributed by atoms with van der Waals surface area (Å²) in [5, 5.41) is 0. The van der Waals surface area contributed by atoms with Crippen LogP contribution in [0, 0.1) is 35.5 Å². The molecular formula is C22H27O3P. The number of hydrogen-bond acceptors (Lipinski definition) is 3. The Kier molecular flexibility index (Phi) is 4.87. The van der Waals surface area contributed by atoms with Crippen molar-refractivity contribution in [3.05, 3.63) is 54.6 Å². The Hall–Kier alpha value is -1.15. The summed E-state index contributed by atoms with van der Waals surface area (Å²) in [5.41, 5.74) is 0. The predicted octanol–water partition coefficient (Wildman–Crippen LogP) is 5.75. The van der Waals surface area contributed by atoms with Crippen LogP contribution in [-0.4, -0.2) is 13.2 Å². The lowest BCUT2D eigenvalue weighted by molar-refractivity contribution is 0.148. The van der Waals surface area contributed by atoms with Gasteiger partial charge in [0, 0.05) is 0 Å². The zero-order chi connectivity index (χ0) is 17.3. The third-order valence-corrected chi connectivity index (χ3v) is 7.62. The van der Waals surface area contributed by atoms with E-state index in [1.54, 1.807) is 0 Å². The van der Waals surface area contributed by atoms with Crippen molar-refractivity contribution in [1.82, 2.24) is 0 Å². The first-order chi connectivity index (χ1) is 12.8. The molecule has 138 valence electrons. The van der Waals surface area contributed by atoms with Crippen molar-refractivity contribution in [1.29, 1.82) is 0 Å². The maximum atomic E-state index is 6.19. The van der Waals surface area contributed by atoms with E-state index in [2.05, 4.69) is 24.3 Å². The predicted molar refractivity (Wildman–Crippen MR) is 104 cm³/mol. The summed E-state index contributed by atoms with van der Waals surface area (Å²) in [6, 6.07) is 9.93. The molecule has 2 fully saturated rings. The SMILES string of the molecule is C1=CC2CC1CC2COP(OCC1CC2C=CC1C2)Oc1ccccc1. The number of allylic oxidation sites excluding steroid dienone is 4. The number of hydrogen-bond donors (Lipinski definition) is 0. The molecule has 2 saturated carbocycles. The van der Waals surface area contributed by atoms with Gasteiger partial charge in [0.05, 0.1) is 13.2 Å². The van der Waals surface area contributed by atoms with Crippen LogP contribution >= 0.6 is 8.60 Å². The van der Waals surface area contributed by atoms with Crippen molar-refractivity contribution in [3.8, 4) is 5.75 Å². The van der Waals surface area contributed by atoms with Gasteiger partial charge in [-0.2, -0.15) is 0 Å². The molecular weight excluding hydrogens is 343 g/mol. The fourth-order valence-corrected chi connectivity index (χ4v) is 6.24. The Bertz CT molecular complexity index is 635. The molecule has 0 amide bonds. The van der Waals surface area contributed by atoms with E-state index >= 15 is 0 Å². The van der Waals surface area contributed by atoms with Gasteiger partial charge in [-0.05, 0) is 73.3 Å². The summed E-state index contributed by atoms with van der Waals surface area (Å²) in [6.07, 6.45) is 14.6. The smallest absolute Gasteiger partial charge is 0.397 e. The summed E-state index contributed by atoms with van der Waals surface area (Å²) in [4.78, 5) is 0. The summed E-state index contributed by atoms with van der Waals surface area (Å²) in [5.74, 6) is 5.04. The first-order valence-electron chi connectivity index (χ1n) is 9.99. The third-order valence-electron chi connectivity index (χ3n) is 6.54. The molecule has 0 N–H and O–H groups in total. The molecule has 4 bridgehead atoms. The van der Waals surface area contributed by atoms with Gasteiger partial charge in [-0.3, -0.25) is 0 Å². The van der Waals surface area contributed by atoms with Crippen LogP contribution in [0.5, 0.6) is 5.75 Å². The van der Waals surface area contributed by atoms with Crippen molar-refractivity contribution in [2.24, 2.45) is 35.5 Å². The average molecular weight is 370 g/mol. The number of fused-ring (bicyclic) bond motifs is 4. The molecule has 0 radical (unpaired) electrons. The molecule has 0 saturated heterocycles. The highest BCUT2D eigenvalue weighted by Gasteiger charge is 2.38. The lowest BCUT2D eigenvalue weighted by Crippen LogP contribution is -2.17.